The van der Waals surface area contributed by atoms with E-state index in [0.29, 0.717) is 17.6 Å². The third-order valence-electron chi connectivity index (χ3n) is 3.62. The molecule has 1 aliphatic rings. The van der Waals surface area contributed by atoms with Crippen LogP contribution in [0.4, 0.5) is 0 Å². The minimum atomic E-state index is 0. The van der Waals surface area contributed by atoms with Crippen molar-refractivity contribution < 1.29 is 11.0 Å². The molecule has 0 aromatic rings. The lowest BCUT2D eigenvalue weighted by Gasteiger charge is -2.28. The first kappa shape index (κ1) is 15.6. The molecule has 0 radical (unpaired) electrons. The predicted octanol–water partition coefficient (Wildman–Crippen LogP) is 3.44. The van der Waals surface area contributed by atoms with Crippen molar-refractivity contribution in [3.8, 4) is 0 Å². The number of allylic oxidation sites excluding steroid dienone is 1. The van der Waals surface area contributed by atoms with E-state index in [1.54, 1.807) is 6.92 Å². The van der Waals surface area contributed by atoms with Crippen molar-refractivity contribution in [3.63, 3.8) is 0 Å². The smallest absolute Gasteiger partial charge is 0.216 e. The highest BCUT2D eigenvalue weighted by atomic mass is 16.5. The van der Waals surface area contributed by atoms with Crippen LogP contribution in [0.5, 0.6) is 0 Å². The Morgan fingerprint density at radius 3 is 2.37 bits per heavy atom. The van der Waals surface area contributed by atoms with Crippen LogP contribution in [0.3, 0.4) is 0 Å². The second-order valence-corrected chi connectivity index (χ2v) is 5.42. The van der Waals surface area contributed by atoms with Crippen LogP contribution in [-0.2, 0) is 9.53 Å². The molecule has 1 fully saturated rings. The van der Waals surface area contributed by atoms with Gasteiger partial charge in [0, 0.05) is 14.9 Å². The molecule has 108 valence electrons. The summed E-state index contributed by atoms with van der Waals surface area (Å²) in [7, 11) is 0. The van der Waals surface area contributed by atoms with E-state index in [2.05, 4.69) is 24.2 Å². The summed E-state index contributed by atoms with van der Waals surface area (Å²) >= 11 is 0. The monoisotopic (exact) mass is 265 g/mol. The van der Waals surface area contributed by atoms with Crippen molar-refractivity contribution in [3.05, 3.63) is 30.2 Å². The molecule has 0 spiro atoms. The summed E-state index contributed by atoms with van der Waals surface area (Å²) in [5.74, 6) is 1.96. The molecular weight excluding hydrogens is 238 g/mol. The Balaban J connectivity index is 0.00000361. The van der Waals surface area contributed by atoms with Gasteiger partial charge in [0.1, 0.15) is 0 Å². The van der Waals surface area contributed by atoms with Gasteiger partial charge in [-0.25, -0.2) is 0 Å². The highest BCUT2D eigenvalue weighted by Crippen LogP contribution is 2.29. The lowest BCUT2D eigenvalue weighted by molar-refractivity contribution is -0.119. The van der Waals surface area contributed by atoms with Crippen molar-refractivity contribution in [1.29, 1.82) is 0 Å². The van der Waals surface area contributed by atoms with E-state index in [0.717, 1.165) is 44.4 Å². The molecule has 1 N–H and O–H groups in total. The quantitative estimate of drug-likeness (QED) is 0.454. The molecule has 3 nitrogen and oxygen atoms in total. The number of hydrogen-bond donors (Lipinski definition) is 1. The number of hydrogen-bond acceptors (Lipinski definition) is 2. The van der Waals surface area contributed by atoms with Crippen molar-refractivity contribution in [2.45, 2.75) is 39.5 Å². The van der Waals surface area contributed by atoms with Gasteiger partial charge in [0.2, 0.25) is 5.91 Å². The summed E-state index contributed by atoms with van der Waals surface area (Å²) in [5.41, 5.74) is 3.65. The molecule has 1 aliphatic carbocycles. The van der Waals surface area contributed by atoms with Gasteiger partial charge >= 0.3 is 0 Å². The first-order chi connectivity index (χ1) is 9.02. The number of rotatable bonds is 6. The number of amides is 1. The number of nitrogens with one attached hydrogen (secondary N) is 1. The Hall–Kier alpha value is -1.47. The average Bonchev–Trinajstić information content (AvgIpc) is 2.38. The summed E-state index contributed by atoms with van der Waals surface area (Å²) in [6.07, 6.45) is 4.64. The average molecular weight is 265 g/mol. The van der Waals surface area contributed by atoms with Crippen LogP contribution >= 0.6 is 0 Å². The van der Waals surface area contributed by atoms with Crippen LogP contribution in [0.15, 0.2) is 30.2 Å². The minimum Gasteiger partial charge on any atom is -0.486 e. The normalized spacial score (nSPS) is 22.2. The lowest BCUT2D eigenvalue weighted by Crippen LogP contribution is -2.30. The van der Waals surface area contributed by atoms with Crippen molar-refractivity contribution in [2.75, 3.05) is 13.2 Å². The van der Waals surface area contributed by atoms with Crippen molar-refractivity contribution >= 4 is 5.91 Å². The van der Waals surface area contributed by atoms with E-state index in [1.165, 1.54) is 0 Å². The summed E-state index contributed by atoms with van der Waals surface area (Å²) < 4.78 is 5.70. The number of carbonyl (C=O) groups excluding carboxylic acids is 1. The molecule has 0 unspecified atom stereocenters. The van der Waals surface area contributed by atoms with Crippen LogP contribution < -0.4 is 5.32 Å². The molecular formula is C16H27NO2. The summed E-state index contributed by atoms with van der Waals surface area (Å²) in [5, 5.41) is 2.90. The molecule has 1 saturated carbocycles. The van der Waals surface area contributed by atoms with Gasteiger partial charge in [0.25, 0.3) is 0 Å². The third kappa shape index (κ3) is 5.80. The van der Waals surface area contributed by atoms with Crippen LogP contribution in [0.2, 0.25) is 0 Å². The van der Waals surface area contributed by atoms with Gasteiger partial charge in [-0.15, -0.1) is 0 Å². The van der Waals surface area contributed by atoms with E-state index in [9.17, 15) is 4.79 Å². The molecule has 0 bridgehead atoms. The summed E-state index contributed by atoms with van der Waals surface area (Å²) in [6, 6.07) is 0. The Bertz CT molecular complexity index is 378. The van der Waals surface area contributed by atoms with Gasteiger partial charge in [-0.05, 0) is 50.0 Å². The molecule has 19 heavy (non-hydrogen) atoms. The SMILES string of the molecule is C=C=C(OCC1CCC(CNC(C)=O)CC1)C(=C)C.[HH]. The molecule has 0 aromatic carbocycles. The zero-order valence-electron chi connectivity index (χ0n) is 12.1. The van der Waals surface area contributed by atoms with E-state index in [1.807, 2.05) is 6.92 Å². The first-order valence-electron chi connectivity index (χ1n) is 6.96. The molecule has 0 heterocycles. The highest BCUT2D eigenvalue weighted by Gasteiger charge is 2.21. The topological polar surface area (TPSA) is 38.3 Å². The zero-order valence-corrected chi connectivity index (χ0v) is 12.1. The maximum absolute atomic E-state index is 10.9. The van der Waals surface area contributed by atoms with Gasteiger partial charge in [0.05, 0.1) is 6.61 Å². The van der Waals surface area contributed by atoms with Crippen LogP contribution in [0.25, 0.3) is 0 Å². The van der Waals surface area contributed by atoms with E-state index < -0.39 is 0 Å². The Morgan fingerprint density at radius 1 is 1.32 bits per heavy atom. The highest BCUT2D eigenvalue weighted by molar-refractivity contribution is 5.72. The standard InChI is InChI=1S/C16H25NO2.H2/c1-5-16(12(2)3)19-11-15-8-6-14(7-9-15)10-17-13(4)18;/h14-15H,1-2,6-11H2,3-4H3,(H,17,18);1H. The van der Waals surface area contributed by atoms with E-state index >= 15 is 0 Å². The molecule has 1 rings (SSSR count). The Morgan fingerprint density at radius 2 is 1.89 bits per heavy atom. The maximum atomic E-state index is 10.9. The fourth-order valence-electron chi connectivity index (χ4n) is 2.42. The molecule has 3 heteroatoms. The van der Waals surface area contributed by atoms with Crippen LogP contribution in [0.1, 0.15) is 41.0 Å². The largest absolute Gasteiger partial charge is 0.486 e. The maximum Gasteiger partial charge on any atom is 0.216 e. The number of carbonyl (C=O) groups is 1. The third-order valence-corrected chi connectivity index (χ3v) is 3.62. The molecule has 0 atom stereocenters. The molecule has 0 aliphatic heterocycles. The van der Waals surface area contributed by atoms with Crippen molar-refractivity contribution in [2.24, 2.45) is 11.8 Å². The lowest BCUT2D eigenvalue weighted by atomic mass is 9.82. The molecule has 0 saturated heterocycles. The summed E-state index contributed by atoms with van der Waals surface area (Å²) in [6.45, 7) is 12.5. The van der Waals surface area contributed by atoms with E-state index in [-0.39, 0.29) is 7.33 Å². The Kier molecular flexibility index (Phi) is 6.44. The summed E-state index contributed by atoms with van der Waals surface area (Å²) in [4.78, 5) is 10.9. The van der Waals surface area contributed by atoms with E-state index in [4.69, 9.17) is 4.74 Å². The second-order valence-electron chi connectivity index (χ2n) is 5.42. The zero-order chi connectivity index (χ0) is 14.3. The fraction of sp³-hybridized carbons (Fsp3) is 0.625. The van der Waals surface area contributed by atoms with Gasteiger partial charge in [-0.1, -0.05) is 18.9 Å². The predicted molar refractivity (Wildman–Crippen MR) is 79.7 cm³/mol. The van der Waals surface area contributed by atoms with Crippen LogP contribution in [-0.4, -0.2) is 19.1 Å². The number of ether oxygens (including phenoxy) is 1. The van der Waals surface area contributed by atoms with Crippen LogP contribution in [0, 0.1) is 11.8 Å². The van der Waals surface area contributed by atoms with Gasteiger partial charge in [0.15, 0.2) is 5.76 Å². The van der Waals surface area contributed by atoms with Gasteiger partial charge < -0.3 is 10.1 Å². The molecule has 1 amide bonds. The first-order valence-corrected chi connectivity index (χ1v) is 6.96. The fourth-order valence-corrected chi connectivity index (χ4v) is 2.42. The second kappa shape index (κ2) is 7.85. The molecule has 0 aromatic heterocycles. The van der Waals surface area contributed by atoms with Crippen molar-refractivity contribution in [1.82, 2.24) is 5.32 Å². The van der Waals surface area contributed by atoms with Gasteiger partial charge in [-0.2, -0.15) is 0 Å². The Labute approximate surface area is 117 Å². The van der Waals surface area contributed by atoms with Gasteiger partial charge in [-0.3, -0.25) is 4.79 Å². The minimum absolute atomic E-state index is 0.